The summed E-state index contributed by atoms with van der Waals surface area (Å²) in [6.45, 7) is 12.1. The summed E-state index contributed by atoms with van der Waals surface area (Å²) in [4.78, 5) is 12.3. The molecule has 2 saturated heterocycles. The number of hydrogen-bond acceptors (Lipinski definition) is 6. The van der Waals surface area contributed by atoms with Crippen molar-refractivity contribution in [2.45, 2.75) is 26.4 Å². The van der Waals surface area contributed by atoms with Gasteiger partial charge in [0.25, 0.3) is 0 Å². The molecule has 1 saturated carbocycles. The first kappa shape index (κ1) is 20.0. The van der Waals surface area contributed by atoms with Crippen LogP contribution in [0.1, 0.15) is 19.2 Å². The molecule has 2 aliphatic heterocycles. The molecular weight excluding hydrogens is 376 g/mol. The maximum Gasteiger partial charge on any atom is 0.181 e. The Morgan fingerprint density at radius 3 is 2.47 bits per heavy atom. The van der Waals surface area contributed by atoms with E-state index >= 15 is 0 Å². The van der Waals surface area contributed by atoms with Crippen LogP contribution in [0, 0.1) is 11.8 Å². The van der Waals surface area contributed by atoms with Crippen LogP contribution in [0.4, 0.5) is 5.69 Å². The van der Waals surface area contributed by atoms with E-state index in [1.165, 1.54) is 25.2 Å². The molecule has 5 rings (SSSR count). The number of anilines is 1. The summed E-state index contributed by atoms with van der Waals surface area (Å²) in [6, 6.07) is 8.64. The van der Waals surface area contributed by atoms with Crippen molar-refractivity contribution in [1.82, 2.24) is 24.6 Å². The van der Waals surface area contributed by atoms with Gasteiger partial charge < -0.3 is 9.64 Å². The predicted octanol–water partition coefficient (Wildman–Crippen LogP) is 2.19. The van der Waals surface area contributed by atoms with Crippen LogP contribution in [0.15, 0.2) is 24.3 Å². The lowest BCUT2D eigenvalue weighted by Crippen LogP contribution is -2.38. The average Bonchev–Trinajstić information content (AvgIpc) is 3.20. The second-order valence-corrected chi connectivity index (χ2v) is 9.04. The van der Waals surface area contributed by atoms with Crippen LogP contribution in [-0.2, 0) is 17.8 Å². The first-order valence-corrected chi connectivity index (χ1v) is 11.5. The number of rotatable bonds is 8. The SMILES string of the molecule is CCN(C)c1ccc(-c2nc(CN3CC4CC4C3)n(CCN3CCOCC3)n2)cc1. The number of piperidine rings is 1. The summed E-state index contributed by atoms with van der Waals surface area (Å²) in [7, 11) is 2.12. The zero-order valence-corrected chi connectivity index (χ0v) is 18.3. The molecular formula is C23H34N6O. The van der Waals surface area contributed by atoms with Gasteiger partial charge in [0.05, 0.1) is 26.3 Å². The molecule has 0 amide bonds. The monoisotopic (exact) mass is 410 g/mol. The third-order valence-electron chi connectivity index (χ3n) is 6.94. The average molecular weight is 411 g/mol. The lowest BCUT2D eigenvalue weighted by molar-refractivity contribution is 0.0358. The lowest BCUT2D eigenvalue weighted by atomic mass is 10.2. The fraction of sp³-hybridized carbons (Fsp3) is 0.652. The van der Waals surface area contributed by atoms with Gasteiger partial charge in [-0.15, -0.1) is 0 Å². The van der Waals surface area contributed by atoms with Crippen LogP contribution < -0.4 is 4.90 Å². The zero-order chi connectivity index (χ0) is 20.5. The Kier molecular flexibility index (Phi) is 5.76. The van der Waals surface area contributed by atoms with Gasteiger partial charge in [-0.1, -0.05) is 0 Å². The molecule has 7 nitrogen and oxygen atoms in total. The Morgan fingerprint density at radius 1 is 1.03 bits per heavy atom. The van der Waals surface area contributed by atoms with Gasteiger partial charge in [0, 0.05) is 57.6 Å². The second-order valence-electron chi connectivity index (χ2n) is 9.04. The first-order chi connectivity index (χ1) is 14.7. The maximum atomic E-state index is 5.49. The van der Waals surface area contributed by atoms with Gasteiger partial charge in [0.2, 0.25) is 0 Å². The highest BCUT2D eigenvalue weighted by molar-refractivity contribution is 5.60. The Balaban J connectivity index is 1.33. The molecule has 1 aliphatic carbocycles. The summed E-state index contributed by atoms with van der Waals surface area (Å²) in [5.74, 6) is 3.84. The van der Waals surface area contributed by atoms with Crippen molar-refractivity contribution in [3.8, 4) is 11.4 Å². The van der Waals surface area contributed by atoms with E-state index in [9.17, 15) is 0 Å². The molecule has 0 N–H and O–H groups in total. The molecule has 7 heteroatoms. The van der Waals surface area contributed by atoms with Gasteiger partial charge in [-0.05, 0) is 49.4 Å². The molecule has 0 radical (unpaired) electrons. The number of nitrogens with zero attached hydrogens (tertiary/aromatic N) is 6. The van der Waals surface area contributed by atoms with E-state index in [0.29, 0.717) is 0 Å². The second kappa shape index (κ2) is 8.65. The number of aromatic nitrogens is 3. The molecule has 3 fully saturated rings. The predicted molar refractivity (Wildman–Crippen MR) is 119 cm³/mol. The largest absolute Gasteiger partial charge is 0.379 e. The highest BCUT2D eigenvalue weighted by atomic mass is 16.5. The fourth-order valence-corrected chi connectivity index (χ4v) is 4.73. The van der Waals surface area contributed by atoms with E-state index in [0.717, 1.165) is 81.5 Å². The van der Waals surface area contributed by atoms with Gasteiger partial charge >= 0.3 is 0 Å². The van der Waals surface area contributed by atoms with Gasteiger partial charge in [0.1, 0.15) is 5.82 Å². The number of hydrogen-bond donors (Lipinski definition) is 0. The van der Waals surface area contributed by atoms with E-state index < -0.39 is 0 Å². The first-order valence-electron chi connectivity index (χ1n) is 11.5. The van der Waals surface area contributed by atoms with Crippen molar-refractivity contribution in [3.05, 3.63) is 30.1 Å². The number of morpholine rings is 1. The Bertz CT molecular complexity index is 834. The summed E-state index contributed by atoms with van der Waals surface area (Å²) < 4.78 is 7.64. The van der Waals surface area contributed by atoms with E-state index in [-0.39, 0.29) is 0 Å². The molecule has 162 valence electrons. The molecule has 2 aromatic rings. The van der Waals surface area contributed by atoms with Gasteiger partial charge in [0.15, 0.2) is 5.82 Å². The highest BCUT2D eigenvalue weighted by Gasteiger charge is 2.45. The van der Waals surface area contributed by atoms with E-state index in [1.807, 2.05) is 0 Å². The van der Waals surface area contributed by atoms with Crippen LogP contribution in [-0.4, -0.2) is 84.1 Å². The van der Waals surface area contributed by atoms with E-state index in [1.54, 1.807) is 0 Å². The topological polar surface area (TPSA) is 49.7 Å². The number of ether oxygens (including phenoxy) is 1. The normalized spacial score (nSPS) is 24.2. The molecule has 3 heterocycles. The minimum Gasteiger partial charge on any atom is -0.379 e. The fourth-order valence-electron chi connectivity index (χ4n) is 4.73. The van der Waals surface area contributed by atoms with Crippen molar-refractivity contribution in [1.29, 1.82) is 0 Å². The van der Waals surface area contributed by atoms with Gasteiger partial charge in [-0.3, -0.25) is 9.80 Å². The van der Waals surface area contributed by atoms with Gasteiger partial charge in [-0.2, -0.15) is 5.10 Å². The Hall–Kier alpha value is -1.96. The third-order valence-corrected chi connectivity index (χ3v) is 6.94. The van der Waals surface area contributed by atoms with Crippen molar-refractivity contribution < 1.29 is 4.74 Å². The molecule has 3 aliphatic rings. The van der Waals surface area contributed by atoms with Crippen molar-refractivity contribution >= 4 is 5.69 Å². The molecule has 30 heavy (non-hydrogen) atoms. The molecule has 0 bridgehead atoms. The Morgan fingerprint density at radius 2 is 1.77 bits per heavy atom. The highest BCUT2D eigenvalue weighted by Crippen LogP contribution is 2.45. The molecule has 2 unspecified atom stereocenters. The van der Waals surface area contributed by atoms with Crippen molar-refractivity contribution in [2.75, 3.05) is 64.4 Å². The summed E-state index contributed by atoms with van der Waals surface area (Å²) in [6.07, 6.45) is 1.43. The van der Waals surface area contributed by atoms with Gasteiger partial charge in [-0.25, -0.2) is 9.67 Å². The standard InChI is InChI=1S/C23H34N6O/c1-3-26(2)21-6-4-18(5-7-21)23-24-22(17-28-15-19-14-20(19)16-28)29(25-23)9-8-27-10-12-30-13-11-27/h4-7,19-20H,3,8-17H2,1-2H3. The minimum absolute atomic E-state index is 0.838. The molecule has 0 spiro atoms. The minimum atomic E-state index is 0.838. The van der Waals surface area contributed by atoms with E-state index in [4.69, 9.17) is 14.8 Å². The van der Waals surface area contributed by atoms with Crippen LogP contribution in [0.3, 0.4) is 0 Å². The quantitative estimate of drug-likeness (QED) is 0.665. The van der Waals surface area contributed by atoms with Crippen LogP contribution >= 0.6 is 0 Å². The maximum absolute atomic E-state index is 5.49. The number of benzene rings is 1. The van der Waals surface area contributed by atoms with Crippen LogP contribution in [0.2, 0.25) is 0 Å². The zero-order valence-electron chi connectivity index (χ0n) is 18.3. The summed E-state index contributed by atoms with van der Waals surface area (Å²) in [5, 5.41) is 4.94. The molecule has 1 aromatic carbocycles. The van der Waals surface area contributed by atoms with Crippen molar-refractivity contribution in [2.24, 2.45) is 11.8 Å². The third kappa shape index (κ3) is 4.38. The van der Waals surface area contributed by atoms with Crippen LogP contribution in [0.5, 0.6) is 0 Å². The van der Waals surface area contributed by atoms with Crippen molar-refractivity contribution in [3.63, 3.8) is 0 Å². The Labute approximate surface area is 179 Å². The number of fused-ring (bicyclic) bond motifs is 1. The summed E-state index contributed by atoms with van der Waals surface area (Å²) in [5.41, 5.74) is 2.32. The van der Waals surface area contributed by atoms with Crippen LogP contribution in [0.25, 0.3) is 11.4 Å². The smallest absolute Gasteiger partial charge is 0.181 e. The molecule has 2 atom stereocenters. The van der Waals surface area contributed by atoms with E-state index in [2.05, 4.69) is 57.6 Å². The lowest BCUT2D eigenvalue weighted by Gasteiger charge is -2.26. The molecule has 1 aromatic heterocycles. The number of likely N-dealkylation sites (tertiary alicyclic amines) is 1. The summed E-state index contributed by atoms with van der Waals surface area (Å²) >= 11 is 0.